The molecule has 2 N–H and O–H groups in total. The predicted octanol–water partition coefficient (Wildman–Crippen LogP) is 2.62. The van der Waals surface area contributed by atoms with E-state index in [-0.39, 0.29) is 22.6 Å². The van der Waals surface area contributed by atoms with E-state index in [0.29, 0.717) is 17.9 Å². The van der Waals surface area contributed by atoms with E-state index in [1.165, 1.54) is 0 Å². The second-order valence-electron chi connectivity index (χ2n) is 5.53. The van der Waals surface area contributed by atoms with E-state index in [1.807, 2.05) is 26.0 Å². The number of nitro groups is 1. The average Bonchev–Trinajstić information content (AvgIpc) is 2.47. The maximum absolute atomic E-state index is 11.4. The molecule has 1 aliphatic heterocycles. The van der Waals surface area contributed by atoms with Gasteiger partial charge < -0.3 is 15.3 Å². The first kappa shape index (κ1) is 15.6. The first-order valence-corrected chi connectivity index (χ1v) is 7.48. The minimum absolute atomic E-state index is 0.148. The van der Waals surface area contributed by atoms with Gasteiger partial charge in [-0.15, -0.1) is 0 Å². The highest BCUT2D eigenvalue weighted by Crippen LogP contribution is 2.37. The third kappa shape index (κ3) is 3.44. The van der Waals surface area contributed by atoms with E-state index >= 15 is 0 Å². The lowest BCUT2D eigenvalue weighted by atomic mass is 9.92. The number of hydrogen-bond acceptors (Lipinski definition) is 5. The first-order valence-electron chi connectivity index (χ1n) is 7.48. The number of para-hydroxylation sites is 1. The predicted molar refractivity (Wildman–Crippen MR) is 83.9 cm³/mol. The highest BCUT2D eigenvalue weighted by molar-refractivity contribution is 5.77. The molecule has 1 saturated heterocycles. The number of benzene rings is 1. The maximum Gasteiger partial charge on any atom is 0.315 e. The molecule has 1 fully saturated rings. The van der Waals surface area contributed by atoms with Crippen molar-refractivity contribution in [3.8, 4) is 0 Å². The van der Waals surface area contributed by atoms with Crippen molar-refractivity contribution in [3.05, 3.63) is 28.3 Å². The van der Waals surface area contributed by atoms with Gasteiger partial charge in [0.15, 0.2) is 0 Å². The number of nitrogens with zero attached hydrogens (tertiary/aromatic N) is 2. The van der Waals surface area contributed by atoms with Crippen molar-refractivity contribution in [2.75, 3.05) is 29.9 Å². The van der Waals surface area contributed by atoms with Gasteiger partial charge in [0.05, 0.1) is 11.0 Å². The van der Waals surface area contributed by atoms with Gasteiger partial charge in [-0.2, -0.15) is 0 Å². The summed E-state index contributed by atoms with van der Waals surface area (Å²) in [7, 11) is 0. The Kier molecular flexibility index (Phi) is 5.01. The van der Waals surface area contributed by atoms with Crippen LogP contribution in [-0.2, 0) is 0 Å². The molecule has 0 aliphatic carbocycles. The van der Waals surface area contributed by atoms with Gasteiger partial charge in [0, 0.05) is 19.6 Å². The summed E-state index contributed by atoms with van der Waals surface area (Å²) in [6.07, 6.45) is 1.41. The molecular weight excluding hydrogens is 270 g/mol. The fourth-order valence-electron chi connectivity index (χ4n) is 2.93. The van der Waals surface area contributed by atoms with Crippen LogP contribution in [0, 0.1) is 16.0 Å². The van der Waals surface area contributed by atoms with Crippen LogP contribution >= 0.6 is 0 Å². The maximum atomic E-state index is 11.4. The normalized spacial score (nSPS) is 17.6. The van der Waals surface area contributed by atoms with Gasteiger partial charge in [0.1, 0.15) is 11.4 Å². The molecule has 0 spiro atoms. The van der Waals surface area contributed by atoms with Gasteiger partial charge in [0.25, 0.3) is 0 Å². The first-order chi connectivity index (χ1) is 10.0. The quantitative estimate of drug-likeness (QED) is 0.644. The lowest BCUT2D eigenvalue weighted by molar-refractivity contribution is -0.383. The van der Waals surface area contributed by atoms with E-state index in [0.717, 1.165) is 25.9 Å². The second-order valence-corrected chi connectivity index (χ2v) is 5.53. The van der Waals surface area contributed by atoms with Crippen LogP contribution in [0.4, 0.5) is 17.1 Å². The van der Waals surface area contributed by atoms with Crippen molar-refractivity contribution in [1.82, 2.24) is 0 Å². The van der Waals surface area contributed by atoms with Crippen LogP contribution in [0.25, 0.3) is 0 Å². The largest absolute Gasteiger partial charge is 0.393 e. The monoisotopic (exact) mass is 293 g/mol. The fraction of sp³-hybridized carbons (Fsp3) is 0.600. The molecule has 0 saturated carbocycles. The van der Waals surface area contributed by atoms with E-state index in [4.69, 9.17) is 0 Å². The fourth-order valence-corrected chi connectivity index (χ4v) is 2.93. The van der Waals surface area contributed by atoms with Crippen LogP contribution < -0.4 is 10.2 Å². The van der Waals surface area contributed by atoms with Crippen molar-refractivity contribution in [2.45, 2.75) is 32.8 Å². The highest BCUT2D eigenvalue weighted by atomic mass is 16.6. The molecule has 1 atom stereocenters. The van der Waals surface area contributed by atoms with E-state index in [1.54, 1.807) is 6.07 Å². The molecule has 1 heterocycles. The highest BCUT2D eigenvalue weighted by Gasteiger charge is 2.28. The Morgan fingerprint density at radius 3 is 2.67 bits per heavy atom. The van der Waals surface area contributed by atoms with Gasteiger partial charge in [-0.05, 0) is 44.7 Å². The second kappa shape index (κ2) is 6.76. The van der Waals surface area contributed by atoms with Crippen molar-refractivity contribution in [3.63, 3.8) is 0 Å². The summed E-state index contributed by atoms with van der Waals surface area (Å²) in [4.78, 5) is 13.2. The van der Waals surface area contributed by atoms with Crippen LogP contribution in [0.1, 0.15) is 26.7 Å². The molecular formula is C15H23N3O3. The zero-order chi connectivity index (χ0) is 15.4. The van der Waals surface area contributed by atoms with Gasteiger partial charge in [0.2, 0.25) is 0 Å². The summed E-state index contributed by atoms with van der Waals surface area (Å²) in [6, 6.07) is 5.40. The van der Waals surface area contributed by atoms with Crippen molar-refractivity contribution in [2.24, 2.45) is 5.92 Å². The lowest BCUT2D eigenvalue weighted by Gasteiger charge is -2.34. The van der Waals surface area contributed by atoms with Crippen molar-refractivity contribution < 1.29 is 10.0 Å². The smallest absolute Gasteiger partial charge is 0.315 e. The molecule has 0 aromatic heterocycles. The van der Waals surface area contributed by atoms with Crippen LogP contribution in [0.15, 0.2) is 18.2 Å². The minimum atomic E-state index is -0.311. The molecule has 6 heteroatoms. The number of anilines is 2. The molecule has 21 heavy (non-hydrogen) atoms. The minimum Gasteiger partial charge on any atom is -0.393 e. The molecule has 0 bridgehead atoms. The Hall–Kier alpha value is -1.82. The Balaban J connectivity index is 2.24. The summed E-state index contributed by atoms with van der Waals surface area (Å²) in [5.41, 5.74) is 1.38. The summed E-state index contributed by atoms with van der Waals surface area (Å²) in [5.74, 6) is 0.289. The summed E-state index contributed by atoms with van der Waals surface area (Å²) < 4.78 is 0. The van der Waals surface area contributed by atoms with Crippen molar-refractivity contribution >= 4 is 17.1 Å². The third-order valence-corrected chi connectivity index (χ3v) is 4.13. The van der Waals surface area contributed by atoms with Gasteiger partial charge in [-0.3, -0.25) is 10.1 Å². The van der Waals surface area contributed by atoms with Gasteiger partial charge in [-0.25, -0.2) is 0 Å². The van der Waals surface area contributed by atoms with Crippen molar-refractivity contribution in [1.29, 1.82) is 0 Å². The molecule has 116 valence electrons. The number of rotatable bonds is 5. The number of piperidine rings is 1. The van der Waals surface area contributed by atoms with Crippen LogP contribution in [0.2, 0.25) is 0 Å². The molecule has 6 nitrogen and oxygen atoms in total. The molecule has 0 radical (unpaired) electrons. The summed E-state index contributed by atoms with van der Waals surface area (Å²) in [6.45, 7) is 5.87. The topological polar surface area (TPSA) is 78.6 Å². The molecule has 2 rings (SSSR count). The third-order valence-electron chi connectivity index (χ3n) is 4.13. The van der Waals surface area contributed by atoms with Crippen LogP contribution in [0.5, 0.6) is 0 Å². The van der Waals surface area contributed by atoms with E-state index in [9.17, 15) is 15.2 Å². The number of aliphatic hydroxyl groups excluding tert-OH is 1. The molecule has 0 amide bonds. The SMILES string of the molecule is CCNc1cccc(N2CCC(C(C)O)CC2)c1[N+](=O)[O-]. The summed E-state index contributed by atoms with van der Waals surface area (Å²) >= 11 is 0. The number of nitro benzene ring substituents is 1. The van der Waals surface area contributed by atoms with E-state index < -0.39 is 0 Å². The van der Waals surface area contributed by atoms with Crippen LogP contribution in [0.3, 0.4) is 0 Å². The average molecular weight is 293 g/mol. The number of hydrogen-bond donors (Lipinski definition) is 2. The lowest BCUT2D eigenvalue weighted by Crippen LogP contribution is -2.37. The van der Waals surface area contributed by atoms with Crippen LogP contribution in [-0.4, -0.2) is 35.8 Å². The number of nitrogens with one attached hydrogen (secondary N) is 1. The Bertz CT molecular complexity index is 497. The van der Waals surface area contributed by atoms with Gasteiger partial charge >= 0.3 is 5.69 Å². The zero-order valence-electron chi connectivity index (χ0n) is 12.6. The molecule has 1 aromatic carbocycles. The number of aliphatic hydroxyl groups is 1. The Morgan fingerprint density at radius 1 is 1.48 bits per heavy atom. The standard InChI is InChI=1S/C15H23N3O3/c1-3-16-13-5-4-6-14(15(13)18(20)21)17-9-7-12(8-10-17)11(2)19/h4-6,11-12,16,19H,3,7-10H2,1-2H3. The molecule has 1 unspecified atom stereocenters. The Labute approximate surface area is 124 Å². The zero-order valence-corrected chi connectivity index (χ0v) is 12.6. The van der Waals surface area contributed by atoms with Gasteiger partial charge in [-0.1, -0.05) is 6.07 Å². The molecule has 1 aromatic rings. The Morgan fingerprint density at radius 2 is 2.14 bits per heavy atom. The molecule has 1 aliphatic rings. The van der Waals surface area contributed by atoms with E-state index in [2.05, 4.69) is 10.2 Å². The summed E-state index contributed by atoms with van der Waals surface area (Å²) in [5, 5.41) is 24.1.